The number of pyridine rings is 1. The number of methoxy groups -OCH3 is 1. The zero-order chi connectivity index (χ0) is 24.8. The highest BCUT2D eigenvalue weighted by molar-refractivity contribution is 7.09. The van der Waals surface area contributed by atoms with Crippen LogP contribution >= 0.6 is 11.5 Å². The summed E-state index contributed by atoms with van der Waals surface area (Å²) in [5, 5.41) is 3.96. The molecule has 2 aromatic rings. The van der Waals surface area contributed by atoms with E-state index in [1.807, 2.05) is 24.4 Å². The molecule has 0 aromatic carbocycles. The van der Waals surface area contributed by atoms with Crippen LogP contribution in [0.2, 0.25) is 0 Å². The Morgan fingerprint density at radius 1 is 1.20 bits per heavy atom. The van der Waals surface area contributed by atoms with E-state index in [0.29, 0.717) is 37.0 Å². The van der Waals surface area contributed by atoms with Gasteiger partial charge in [-0.25, -0.2) is 14.8 Å². The predicted octanol–water partition coefficient (Wildman–Crippen LogP) is 2.25. The monoisotopic (exact) mass is 501 g/mol. The van der Waals surface area contributed by atoms with Crippen molar-refractivity contribution < 1.29 is 14.3 Å². The minimum absolute atomic E-state index is 0.0750. The molecule has 2 unspecified atom stereocenters. The van der Waals surface area contributed by atoms with Gasteiger partial charge in [0.15, 0.2) is 5.82 Å². The summed E-state index contributed by atoms with van der Waals surface area (Å²) in [4.78, 5) is 41.0. The average molecular weight is 502 g/mol. The predicted molar refractivity (Wildman–Crippen MR) is 135 cm³/mol. The lowest BCUT2D eigenvalue weighted by atomic mass is 10.0. The van der Waals surface area contributed by atoms with Crippen molar-refractivity contribution in [2.75, 3.05) is 50.1 Å². The first-order valence-corrected chi connectivity index (χ1v) is 13.1. The Morgan fingerprint density at radius 2 is 2.00 bits per heavy atom. The number of amides is 1. The van der Waals surface area contributed by atoms with Gasteiger partial charge in [-0.15, -0.1) is 0 Å². The molecule has 2 fully saturated rings. The molecule has 4 rings (SSSR count). The number of anilines is 2. The van der Waals surface area contributed by atoms with Gasteiger partial charge in [0.2, 0.25) is 11.0 Å². The molecule has 35 heavy (non-hydrogen) atoms. The van der Waals surface area contributed by atoms with Crippen LogP contribution < -0.4 is 10.2 Å². The summed E-state index contributed by atoms with van der Waals surface area (Å²) in [5.41, 5.74) is 0. The minimum atomic E-state index is -0.501. The molecule has 1 amide bonds. The number of nitrogens with zero attached hydrogens (tertiary/aromatic N) is 6. The molecule has 1 N–H and O–H groups in total. The van der Waals surface area contributed by atoms with Gasteiger partial charge in [-0.05, 0) is 37.3 Å². The molecule has 10 nitrogen and oxygen atoms in total. The molecule has 0 saturated carbocycles. The van der Waals surface area contributed by atoms with Gasteiger partial charge < -0.3 is 19.9 Å². The molecule has 0 aliphatic carbocycles. The summed E-state index contributed by atoms with van der Waals surface area (Å²) in [5.74, 6) is 1.65. The number of hydrogen-bond acceptors (Lipinski definition) is 10. The standard InChI is InChI=1S/C24H35N7O3S/c1-17(2)15-18(22(32)31-10-6-7-19(31)23(33)34-3)26-24-27-20(28-35-24)16-29-11-13-30(14-12-29)21-8-4-5-9-25-21/h4-5,8-9,17-19H,6-7,10-16H2,1-3H3,(H,26,27,28). The van der Waals surface area contributed by atoms with Crippen molar-refractivity contribution in [1.82, 2.24) is 24.1 Å². The van der Waals surface area contributed by atoms with Crippen LogP contribution in [0.1, 0.15) is 38.9 Å². The highest BCUT2D eigenvalue weighted by Crippen LogP contribution is 2.24. The Balaban J connectivity index is 1.34. The van der Waals surface area contributed by atoms with Crippen molar-refractivity contribution in [1.29, 1.82) is 0 Å². The number of rotatable bonds is 9. The van der Waals surface area contributed by atoms with Crippen molar-refractivity contribution >= 4 is 34.4 Å². The molecule has 190 valence electrons. The maximum atomic E-state index is 13.4. The third kappa shape index (κ3) is 6.46. The zero-order valence-corrected chi connectivity index (χ0v) is 21.5. The quantitative estimate of drug-likeness (QED) is 0.518. The summed E-state index contributed by atoms with van der Waals surface area (Å²) in [6.45, 7) is 9.06. The van der Waals surface area contributed by atoms with Gasteiger partial charge >= 0.3 is 5.97 Å². The van der Waals surface area contributed by atoms with Crippen LogP contribution in [-0.2, 0) is 20.9 Å². The van der Waals surface area contributed by atoms with Gasteiger partial charge in [0.05, 0.1) is 13.7 Å². The van der Waals surface area contributed by atoms with E-state index in [4.69, 9.17) is 4.74 Å². The smallest absolute Gasteiger partial charge is 0.328 e. The molecule has 2 aromatic heterocycles. The van der Waals surface area contributed by atoms with Crippen LogP contribution in [0.5, 0.6) is 0 Å². The van der Waals surface area contributed by atoms with E-state index >= 15 is 0 Å². The number of esters is 1. The summed E-state index contributed by atoms with van der Waals surface area (Å²) in [6, 6.07) is 5.03. The third-order valence-electron chi connectivity index (χ3n) is 6.49. The Bertz CT molecular complexity index is 979. The number of carbonyl (C=O) groups excluding carboxylic acids is 2. The highest BCUT2D eigenvalue weighted by Gasteiger charge is 2.38. The van der Waals surface area contributed by atoms with Crippen molar-refractivity contribution in [2.45, 2.75) is 51.7 Å². The second-order valence-electron chi connectivity index (χ2n) is 9.51. The van der Waals surface area contributed by atoms with E-state index in [2.05, 4.69) is 43.3 Å². The number of nitrogens with one attached hydrogen (secondary N) is 1. The third-order valence-corrected chi connectivity index (χ3v) is 7.17. The fourth-order valence-corrected chi connectivity index (χ4v) is 5.34. The van der Waals surface area contributed by atoms with E-state index in [1.54, 1.807) is 4.90 Å². The fraction of sp³-hybridized carbons (Fsp3) is 0.625. The van der Waals surface area contributed by atoms with Gasteiger partial charge in [-0.3, -0.25) is 9.69 Å². The van der Waals surface area contributed by atoms with Crippen molar-refractivity contribution in [3.8, 4) is 0 Å². The first-order chi connectivity index (χ1) is 16.9. The molecular formula is C24H35N7O3S. The first kappa shape index (κ1) is 25.3. The zero-order valence-electron chi connectivity index (χ0n) is 20.7. The molecule has 2 aliphatic heterocycles. The lowest BCUT2D eigenvalue weighted by Crippen LogP contribution is -2.48. The van der Waals surface area contributed by atoms with E-state index in [-0.39, 0.29) is 11.9 Å². The van der Waals surface area contributed by atoms with Gasteiger partial charge in [0.25, 0.3) is 0 Å². The van der Waals surface area contributed by atoms with Gasteiger partial charge in [-0.1, -0.05) is 19.9 Å². The maximum absolute atomic E-state index is 13.4. The Kier molecular flexibility index (Phi) is 8.50. The SMILES string of the molecule is COC(=O)C1CCCN1C(=O)C(CC(C)C)Nc1nc(CN2CCN(c3ccccn3)CC2)ns1. The van der Waals surface area contributed by atoms with Gasteiger partial charge in [-0.2, -0.15) is 4.37 Å². The largest absolute Gasteiger partial charge is 0.467 e. The molecule has 11 heteroatoms. The van der Waals surface area contributed by atoms with Crippen LogP contribution in [0.25, 0.3) is 0 Å². The van der Waals surface area contributed by atoms with E-state index < -0.39 is 12.1 Å². The van der Waals surface area contributed by atoms with Crippen molar-refractivity contribution in [3.05, 3.63) is 30.2 Å². The van der Waals surface area contributed by atoms with E-state index in [9.17, 15) is 9.59 Å². The van der Waals surface area contributed by atoms with Crippen molar-refractivity contribution in [3.63, 3.8) is 0 Å². The Hall–Kier alpha value is -2.79. The molecule has 0 spiro atoms. The molecule has 0 radical (unpaired) electrons. The molecule has 0 bridgehead atoms. The summed E-state index contributed by atoms with van der Waals surface area (Å²) >= 11 is 1.28. The second-order valence-corrected chi connectivity index (χ2v) is 10.3. The summed E-state index contributed by atoms with van der Waals surface area (Å²) in [6.07, 6.45) is 3.92. The van der Waals surface area contributed by atoms with Crippen LogP contribution in [0.15, 0.2) is 24.4 Å². The number of hydrogen-bond donors (Lipinski definition) is 1. The Labute approximate surface area is 210 Å². The molecule has 2 atom stereocenters. The molecule has 4 heterocycles. The number of likely N-dealkylation sites (tertiary alicyclic amines) is 1. The maximum Gasteiger partial charge on any atom is 0.328 e. The molecular weight excluding hydrogens is 466 g/mol. The highest BCUT2D eigenvalue weighted by atomic mass is 32.1. The van der Waals surface area contributed by atoms with Crippen LogP contribution in [0.4, 0.5) is 10.9 Å². The number of piperazine rings is 1. The van der Waals surface area contributed by atoms with Crippen molar-refractivity contribution in [2.24, 2.45) is 5.92 Å². The molecule has 2 aliphatic rings. The van der Waals surface area contributed by atoms with Crippen LogP contribution in [0, 0.1) is 5.92 Å². The van der Waals surface area contributed by atoms with E-state index in [0.717, 1.165) is 44.2 Å². The lowest BCUT2D eigenvalue weighted by Gasteiger charge is -2.34. The number of carbonyl (C=O) groups is 2. The van der Waals surface area contributed by atoms with Gasteiger partial charge in [0, 0.05) is 50.5 Å². The van der Waals surface area contributed by atoms with Crippen LogP contribution in [-0.4, -0.2) is 87.9 Å². The van der Waals surface area contributed by atoms with Crippen LogP contribution in [0.3, 0.4) is 0 Å². The number of ether oxygens (including phenoxy) is 1. The molecule has 2 saturated heterocycles. The summed E-state index contributed by atoms with van der Waals surface area (Å²) < 4.78 is 9.45. The average Bonchev–Trinajstić information content (AvgIpc) is 3.53. The summed E-state index contributed by atoms with van der Waals surface area (Å²) in [7, 11) is 1.37. The Morgan fingerprint density at radius 3 is 2.69 bits per heavy atom. The van der Waals surface area contributed by atoms with E-state index in [1.165, 1.54) is 18.6 Å². The fourth-order valence-electron chi connectivity index (χ4n) is 4.71. The minimum Gasteiger partial charge on any atom is -0.467 e. The number of aromatic nitrogens is 3. The second kappa shape index (κ2) is 11.8. The normalized spacial score (nSPS) is 19.7. The lowest BCUT2D eigenvalue weighted by molar-refractivity contribution is -0.151. The van der Waals surface area contributed by atoms with Gasteiger partial charge in [0.1, 0.15) is 17.9 Å². The topological polar surface area (TPSA) is 104 Å². The first-order valence-electron chi connectivity index (χ1n) is 12.3.